The van der Waals surface area contributed by atoms with Crippen LogP contribution in [0.25, 0.3) is 0 Å². The Morgan fingerprint density at radius 3 is 2.63 bits per heavy atom. The lowest BCUT2D eigenvalue weighted by molar-refractivity contribution is 0.0358. The highest BCUT2D eigenvalue weighted by molar-refractivity contribution is 4.87. The monoisotopic (exact) mass is 268 g/mol. The van der Waals surface area contributed by atoms with Crippen molar-refractivity contribution in [1.82, 2.24) is 10.2 Å². The highest BCUT2D eigenvalue weighted by Gasteiger charge is 2.24. The molecule has 0 aromatic carbocycles. The predicted molar refractivity (Wildman–Crippen MR) is 82.1 cm³/mol. The first-order chi connectivity index (χ1) is 9.13. The van der Waals surface area contributed by atoms with E-state index in [0.717, 1.165) is 45.3 Å². The minimum absolute atomic E-state index is 0.311. The van der Waals surface area contributed by atoms with E-state index in [4.69, 9.17) is 0 Å². The number of unbranched alkanes of at least 4 members (excludes halogenated alkanes) is 1. The van der Waals surface area contributed by atoms with Gasteiger partial charge in [0.15, 0.2) is 0 Å². The van der Waals surface area contributed by atoms with Crippen molar-refractivity contribution >= 4 is 0 Å². The summed E-state index contributed by atoms with van der Waals surface area (Å²) >= 11 is 0. The van der Waals surface area contributed by atoms with Crippen LogP contribution in [-0.2, 0) is 0 Å². The maximum absolute atomic E-state index is 10.2. The second-order valence-corrected chi connectivity index (χ2v) is 5.99. The number of allylic oxidation sites excluding steroid dienone is 1. The van der Waals surface area contributed by atoms with Crippen LogP contribution in [0.2, 0.25) is 0 Å². The fourth-order valence-corrected chi connectivity index (χ4v) is 2.78. The number of piperidine rings is 1. The van der Waals surface area contributed by atoms with E-state index in [2.05, 4.69) is 30.6 Å². The minimum atomic E-state index is -0.311. The summed E-state index contributed by atoms with van der Waals surface area (Å²) < 4.78 is 0. The number of rotatable bonds is 9. The molecule has 0 bridgehead atoms. The van der Waals surface area contributed by atoms with Crippen LogP contribution in [0.4, 0.5) is 0 Å². The van der Waals surface area contributed by atoms with Gasteiger partial charge in [-0.1, -0.05) is 12.5 Å². The Hall–Kier alpha value is -0.380. The van der Waals surface area contributed by atoms with Gasteiger partial charge in [0.25, 0.3) is 0 Å². The van der Waals surface area contributed by atoms with Crippen LogP contribution in [-0.4, -0.2) is 42.4 Å². The van der Waals surface area contributed by atoms with Gasteiger partial charge in [-0.15, -0.1) is 6.58 Å². The lowest BCUT2D eigenvalue weighted by Gasteiger charge is -2.34. The number of nitrogens with zero attached hydrogens (tertiary/aromatic N) is 1. The van der Waals surface area contributed by atoms with E-state index in [9.17, 15) is 5.11 Å². The van der Waals surface area contributed by atoms with Crippen LogP contribution in [0.3, 0.4) is 0 Å². The van der Waals surface area contributed by atoms with Crippen molar-refractivity contribution in [2.45, 2.75) is 58.6 Å². The molecule has 1 aliphatic heterocycles. The van der Waals surface area contributed by atoms with Gasteiger partial charge < -0.3 is 10.0 Å². The fraction of sp³-hybridized carbons (Fsp3) is 0.875. The zero-order valence-electron chi connectivity index (χ0n) is 12.8. The number of nitrogens with one attached hydrogen (secondary N) is 1. The molecule has 1 unspecified atom stereocenters. The number of aliphatic hydroxyl groups excluding tert-OH is 1. The summed E-state index contributed by atoms with van der Waals surface area (Å²) in [5.74, 6) is 0.439. The third-order valence-electron chi connectivity index (χ3n) is 4.00. The summed E-state index contributed by atoms with van der Waals surface area (Å²) in [4.78, 5) is 2.51. The molecule has 1 rings (SSSR count). The van der Waals surface area contributed by atoms with E-state index in [1.54, 1.807) is 0 Å². The first kappa shape index (κ1) is 16.7. The van der Waals surface area contributed by atoms with Crippen LogP contribution >= 0.6 is 0 Å². The minimum Gasteiger partial charge on any atom is -0.378 e. The van der Waals surface area contributed by atoms with E-state index in [1.165, 1.54) is 25.0 Å². The summed E-state index contributed by atoms with van der Waals surface area (Å²) in [6, 6.07) is 0. The molecule has 0 aliphatic carbocycles. The number of hydrogen-bond donors (Lipinski definition) is 2. The first-order valence-corrected chi connectivity index (χ1v) is 7.91. The average Bonchev–Trinajstić information content (AvgIpc) is 2.39. The number of likely N-dealkylation sites (tertiary alicyclic amines) is 1. The first-order valence-electron chi connectivity index (χ1n) is 7.91. The molecular formula is C16H32N2O. The Morgan fingerprint density at radius 2 is 2.05 bits per heavy atom. The molecule has 2 N–H and O–H groups in total. The quantitative estimate of drug-likeness (QED) is 0.383. The largest absolute Gasteiger partial charge is 0.378 e. The summed E-state index contributed by atoms with van der Waals surface area (Å²) in [6.07, 6.45) is 6.57. The topological polar surface area (TPSA) is 35.5 Å². The fourth-order valence-electron chi connectivity index (χ4n) is 2.78. The maximum atomic E-state index is 10.2. The zero-order chi connectivity index (χ0) is 14.1. The molecule has 1 heterocycles. The Morgan fingerprint density at radius 1 is 1.37 bits per heavy atom. The summed E-state index contributed by atoms with van der Waals surface area (Å²) in [5.41, 5.74) is 1.25. The Bertz CT molecular complexity index is 247. The molecule has 0 aromatic rings. The molecular weight excluding hydrogens is 236 g/mol. The van der Waals surface area contributed by atoms with Crippen molar-refractivity contribution in [3.8, 4) is 0 Å². The summed E-state index contributed by atoms with van der Waals surface area (Å²) in [5, 5.41) is 13.4. The van der Waals surface area contributed by atoms with Gasteiger partial charge in [0.05, 0.1) is 0 Å². The second kappa shape index (κ2) is 9.51. The highest BCUT2D eigenvalue weighted by Crippen LogP contribution is 2.19. The van der Waals surface area contributed by atoms with E-state index in [-0.39, 0.29) is 6.23 Å². The van der Waals surface area contributed by atoms with Gasteiger partial charge in [0, 0.05) is 5.92 Å². The molecule has 3 heteroatoms. The zero-order valence-corrected chi connectivity index (χ0v) is 12.8. The second-order valence-electron chi connectivity index (χ2n) is 5.99. The molecule has 0 amide bonds. The smallest absolute Gasteiger partial charge is 0.107 e. The normalized spacial score (nSPS) is 19.5. The van der Waals surface area contributed by atoms with Crippen LogP contribution in [0.1, 0.15) is 52.4 Å². The third-order valence-corrected chi connectivity index (χ3v) is 4.00. The lowest BCUT2D eigenvalue weighted by atomic mass is 9.95. The van der Waals surface area contributed by atoms with Gasteiger partial charge in [-0.25, -0.2) is 0 Å². The van der Waals surface area contributed by atoms with Crippen LogP contribution in [0.5, 0.6) is 0 Å². The summed E-state index contributed by atoms with van der Waals surface area (Å²) in [6.45, 7) is 12.6. The molecule has 1 fully saturated rings. The summed E-state index contributed by atoms with van der Waals surface area (Å²) in [7, 11) is 0. The van der Waals surface area contributed by atoms with Gasteiger partial charge in [-0.3, -0.25) is 5.32 Å². The Labute approximate surface area is 119 Å². The third kappa shape index (κ3) is 7.09. The van der Waals surface area contributed by atoms with Crippen molar-refractivity contribution < 1.29 is 5.11 Å². The van der Waals surface area contributed by atoms with Crippen molar-refractivity contribution in [2.24, 2.45) is 5.92 Å². The lowest BCUT2D eigenvalue weighted by Crippen LogP contribution is -2.43. The number of aliphatic hydroxyl groups is 1. The van der Waals surface area contributed by atoms with Gasteiger partial charge >= 0.3 is 0 Å². The molecule has 0 radical (unpaired) electrons. The van der Waals surface area contributed by atoms with Crippen LogP contribution < -0.4 is 5.32 Å². The van der Waals surface area contributed by atoms with Crippen molar-refractivity contribution in [1.29, 1.82) is 0 Å². The van der Waals surface area contributed by atoms with Crippen molar-refractivity contribution in [3.05, 3.63) is 12.2 Å². The molecule has 1 aliphatic rings. The molecule has 0 spiro atoms. The number of hydrogen-bond acceptors (Lipinski definition) is 3. The van der Waals surface area contributed by atoms with E-state index >= 15 is 0 Å². The molecule has 112 valence electrons. The molecule has 0 saturated carbocycles. The molecule has 0 aromatic heterocycles. The van der Waals surface area contributed by atoms with Crippen molar-refractivity contribution in [2.75, 3.05) is 26.2 Å². The average molecular weight is 268 g/mol. The Kier molecular flexibility index (Phi) is 8.35. The SMILES string of the molecule is C=C(C)CCCCNC(O)C1CCN(CCC)CC1. The van der Waals surface area contributed by atoms with Crippen LogP contribution in [0.15, 0.2) is 12.2 Å². The van der Waals surface area contributed by atoms with Crippen molar-refractivity contribution in [3.63, 3.8) is 0 Å². The van der Waals surface area contributed by atoms with Gasteiger partial charge in [0.1, 0.15) is 6.23 Å². The highest BCUT2D eigenvalue weighted by atomic mass is 16.3. The predicted octanol–water partition coefficient (Wildman–Crippen LogP) is 2.76. The van der Waals surface area contributed by atoms with Crippen LogP contribution in [0, 0.1) is 5.92 Å². The van der Waals surface area contributed by atoms with Gasteiger partial charge in [-0.05, 0) is 71.6 Å². The standard InChI is InChI=1S/C16H32N2O/c1-4-11-18-12-8-15(9-13-18)16(19)17-10-6-5-7-14(2)3/h15-17,19H,2,4-13H2,1,3H3. The molecule has 19 heavy (non-hydrogen) atoms. The van der Waals surface area contributed by atoms with E-state index in [1.807, 2.05) is 0 Å². The van der Waals surface area contributed by atoms with E-state index in [0.29, 0.717) is 5.92 Å². The molecule has 3 nitrogen and oxygen atoms in total. The van der Waals surface area contributed by atoms with E-state index < -0.39 is 0 Å². The molecule has 1 atom stereocenters. The molecule has 1 saturated heterocycles. The van der Waals surface area contributed by atoms with Gasteiger partial charge in [-0.2, -0.15) is 0 Å². The maximum Gasteiger partial charge on any atom is 0.107 e. The van der Waals surface area contributed by atoms with Gasteiger partial charge in [0.2, 0.25) is 0 Å². The Balaban J connectivity index is 2.07.